The number of nitrogens with one attached hydrogen (secondary N) is 1. The molecule has 31 heavy (non-hydrogen) atoms. The fourth-order valence-corrected chi connectivity index (χ4v) is 4.08. The van der Waals surface area contributed by atoms with Crippen LogP contribution in [0.25, 0.3) is 5.69 Å². The van der Waals surface area contributed by atoms with E-state index in [4.69, 9.17) is 4.74 Å². The lowest BCUT2D eigenvalue weighted by Crippen LogP contribution is -2.26. The van der Waals surface area contributed by atoms with E-state index in [0.29, 0.717) is 17.2 Å². The van der Waals surface area contributed by atoms with Gasteiger partial charge in [0.05, 0.1) is 18.1 Å². The zero-order valence-corrected chi connectivity index (χ0v) is 18.5. The highest BCUT2D eigenvalue weighted by Crippen LogP contribution is 2.22. The molecule has 7 heteroatoms. The molecule has 0 aliphatic rings. The Labute approximate surface area is 185 Å². The maximum Gasteiger partial charge on any atom is 0.263 e. The number of nitrogens with zero attached hydrogens (tertiary/aromatic N) is 3. The number of rotatable bonds is 7. The fraction of sp³-hybridized carbons (Fsp3) is 0.208. The molecule has 2 heterocycles. The van der Waals surface area contributed by atoms with Crippen molar-refractivity contribution in [2.45, 2.75) is 33.4 Å². The number of hydrogen-bond donors (Lipinski definition) is 1. The number of aryl methyl sites for hydroxylation is 2. The molecule has 1 atom stereocenters. The van der Waals surface area contributed by atoms with E-state index < -0.39 is 0 Å². The number of amides is 1. The minimum atomic E-state index is -0.127. The second-order valence-electron chi connectivity index (χ2n) is 7.38. The quantitative estimate of drug-likeness (QED) is 0.445. The normalized spacial score (nSPS) is 11.8. The molecule has 0 fully saturated rings. The van der Waals surface area contributed by atoms with Crippen molar-refractivity contribution in [3.63, 3.8) is 0 Å². The number of carbonyl (C=O) groups excluding carboxylic acids is 1. The van der Waals surface area contributed by atoms with Gasteiger partial charge in [-0.1, -0.05) is 29.8 Å². The van der Waals surface area contributed by atoms with E-state index in [0.717, 1.165) is 22.0 Å². The van der Waals surface area contributed by atoms with Crippen LogP contribution in [0.4, 0.5) is 0 Å². The van der Waals surface area contributed by atoms with E-state index >= 15 is 0 Å². The third kappa shape index (κ3) is 5.00. The Kier molecular flexibility index (Phi) is 6.13. The van der Waals surface area contributed by atoms with Crippen LogP contribution < -0.4 is 10.1 Å². The molecule has 1 amide bonds. The molecule has 2 aromatic heterocycles. The Hall–Kier alpha value is -3.45. The van der Waals surface area contributed by atoms with Crippen molar-refractivity contribution in [1.29, 1.82) is 0 Å². The van der Waals surface area contributed by atoms with Crippen LogP contribution in [0.3, 0.4) is 0 Å². The molecule has 0 spiro atoms. The Morgan fingerprint density at radius 3 is 2.55 bits per heavy atom. The first-order valence-electron chi connectivity index (χ1n) is 10.0. The highest BCUT2D eigenvalue weighted by atomic mass is 32.1. The molecule has 2 aromatic carbocycles. The number of aromatic nitrogens is 3. The molecular weight excluding hydrogens is 408 g/mol. The SMILES string of the molecule is Cc1ccc(OCc2nc(C)c(C(=O)NC(C)c3ccc(-n4ccnc4)cc3)s2)cc1. The third-order valence-electron chi connectivity index (χ3n) is 4.97. The predicted octanol–water partition coefficient (Wildman–Crippen LogP) is 5.02. The van der Waals surface area contributed by atoms with Crippen molar-refractivity contribution in [1.82, 2.24) is 19.9 Å². The summed E-state index contributed by atoms with van der Waals surface area (Å²) in [5, 5.41) is 3.85. The van der Waals surface area contributed by atoms with Gasteiger partial charge in [0.2, 0.25) is 0 Å². The third-order valence-corrected chi connectivity index (χ3v) is 6.10. The van der Waals surface area contributed by atoms with E-state index in [1.54, 1.807) is 12.5 Å². The summed E-state index contributed by atoms with van der Waals surface area (Å²) in [4.78, 5) is 22.0. The van der Waals surface area contributed by atoms with Crippen molar-refractivity contribution in [2.75, 3.05) is 0 Å². The Morgan fingerprint density at radius 2 is 1.87 bits per heavy atom. The van der Waals surface area contributed by atoms with Crippen LogP contribution >= 0.6 is 11.3 Å². The summed E-state index contributed by atoms with van der Waals surface area (Å²) in [5.74, 6) is 0.667. The average molecular weight is 433 g/mol. The maximum atomic E-state index is 12.8. The predicted molar refractivity (Wildman–Crippen MR) is 122 cm³/mol. The van der Waals surface area contributed by atoms with Gasteiger partial charge in [-0.2, -0.15) is 0 Å². The minimum Gasteiger partial charge on any atom is -0.486 e. The van der Waals surface area contributed by atoms with E-state index in [-0.39, 0.29) is 11.9 Å². The minimum absolute atomic E-state index is 0.122. The molecule has 4 rings (SSSR count). The average Bonchev–Trinajstić information content (AvgIpc) is 3.43. The fourth-order valence-electron chi connectivity index (χ4n) is 3.20. The highest BCUT2D eigenvalue weighted by molar-refractivity contribution is 7.13. The van der Waals surface area contributed by atoms with E-state index in [9.17, 15) is 4.79 Å². The Bertz CT molecular complexity index is 1150. The second kappa shape index (κ2) is 9.14. The van der Waals surface area contributed by atoms with E-state index in [1.807, 2.05) is 80.1 Å². The van der Waals surface area contributed by atoms with Gasteiger partial charge < -0.3 is 14.6 Å². The molecule has 6 nitrogen and oxygen atoms in total. The van der Waals surface area contributed by atoms with Crippen molar-refractivity contribution >= 4 is 17.2 Å². The molecular formula is C24H24N4O2S. The van der Waals surface area contributed by atoms with E-state index in [2.05, 4.69) is 15.3 Å². The number of imidazole rings is 1. The molecule has 1 N–H and O–H groups in total. The van der Waals surface area contributed by atoms with Gasteiger partial charge in [-0.3, -0.25) is 4.79 Å². The Balaban J connectivity index is 1.38. The van der Waals surface area contributed by atoms with Crippen LogP contribution in [-0.4, -0.2) is 20.4 Å². The number of ether oxygens (including phenoxy) is 1. The summed E-state index contributed by atoms with van der Waals surface area (Å²) in [6.07, 6.45) is 5.40. The first-order chi connectivity index (χ1) is 15.0. The highest BCUT2D eigenvalue weighted by Gasteiger charge is 2.18. The van der Waals surface area contributed by atoms with E-state index in [1.165, 1.54) is 16.9 Å². The molecule has 0 saturated carbocycles. The summed E-state index contributed by atoms with van der Waals surface area (Å²) in [7, 11) is 0. The van der Waals surface area contributed by atoms with Gasteiger partial charge in [0.15, 0.2) is 0 Å². The van der Waals surface area contributed by atoms with Gasteiger partial charge in [0.1, 0.15) is 22.2 Å². The van der Waals surface area contributed by atoms with Gasteiger partial charge in [0.25, 0.3) is 5.91 Å². The van der Waals surface area contributed by atoms with Crippen molar-refractivity contribution in [3.05, 3.63) is 94.0 Å². The summed E-state index contributed by atoms with van der Waals surface area (Å²) in [5.41, 5.74) is 3.95. The molecule has 0 aliphatic carbocycles. The smallest absolute Gasteiger partial charge is 0.263 e. The number of thiazole rings is 1. The summed E-state index contributed by atoms with van der Waals surface area (Å²) in [6, 6.07) is 15.8. The summed E-state index contributed by atoms with van der Waals surface area (Å²) in [6.45, 7) is 6.20. The van der Waals surface area contributed by atoms with Gasteiger partial charge >= 0.3 is 0 Å². The van der Waals surface area contributed by atoms with Gasteiger partial charge in [0, 0.05) is 18.1 Å². The Morgan fingerprint density at radius 1 is 1.13 bits per heavy atom. The molecule has 158 valence electrons. The molecule has 0 aliphatic heterocycles. The lowest BCUT2D eigenvalue weighted by Gasteiger charge is -2.14. The van der Waals surface area contributed by atoms with Crippen LogP contribution in [0.1, 0.15) is 44.5 Å². The van der Waals surface area contributed by atoms with Gasteiger partial charge in [-0.15, -0.1) is 11.3 Å². The van der Waals surface area contributed by atoms with Crippen LogP contribution in [0.5, 0.6) is 5.75 Å². The number of hydrogen-bond acceptors (Lipinski definition) is 5. The van der Waals surface area contributed by atoms with Crippen LogP contribution in [-0.2, 0) is 6.61 Å². The molecule has 0 radical (unpaired) electrons. The first kappa shape index (κ1) is 20.8. The lowest BCUT2D eigenvalue weighted by molar-refractivity contribution is 0.0943. The standard InChI is InChI=1S/C24H24N4O2S/c1-16-4-10-21(11-5-16)30-14-22-26-18(3)23(31-22)24(29)27-17(2)19-6-8-20(9-7-19)28-13-12-25-15-28/h4-13,15,17H,14H2,1-3H3,(H,27,29). The lowest BCUT2D eigenvalue weighted by atomic mass is 10.1. The van der Waals surface area contributed by atoms with Crippen LogP contribution in [0, 0.1) is 13.8 Å². The van der Waals surface area contributed by atoms with Crippen molar-refractivity contribution in [2.24, 2.45) is 0 Å². The molecule has 1 unspecified atom stereocenters. The van der Waals surface area contributed by atoms with Gasteiger partial charge in [-0.05, 0) is 50.6 Å². The monoisotopic (exact) mass is 432 g/mol. The topological polar surface area (TPSA) is 69.0 Å². The zero-order valence-electron chi connectivity index (χ0n) is 17.7. The van der Waals surface area contributed by atoms with Crippen molar-refractivity contribution < 1.29 is 9.53 Å². The number of carbonyl (C=O) groups is 1. The zero-order chi connectivity index (χ0) is 21.8. The van der Waals surface area contributed by atoms with Crippen LogP contribution in [0.15, 0.2) is 67.3 Å². The molecule has 0 saturated heterocycles. The number of benzene rings is 2. The largest absolute Gasteiger partial charge is 0.486 e. The molecule has 0 bridgehead atoms. The first-order valence-corrected chi connectivity index (χ1v) is 10.9. The summed E-state index contributed by atoms with van der Waals surface area (Å²) >= 11 is 1.37. The molecule has 4 aromatic rings. The second-order valence-corrected chi connectivity index (χ2v) is 8.46. The van der Waals surface area contributed by atoms with Crippen LogP contribution in [0.2, 0.25) is 0 Å². The van der Waals surface area contributed by atoms with Gasteiger partial charge in [-0.25, -0.2) is 9.97 Å². The maximum absolute atomic E-state index is 12.8. The van der Waals surface area contributed by atoms with Crippen molar-refractivity contribution in [3.8, 4) is 11.4 Å². The summed E-state index contributed by atoms with van der Waals surface area (Å²) < 4.78 is 7.74.